The van der Waals surface area contributed by atoms with E-state index in [1.165, 1.54) is 26.8 Å². The molecule has 25 atom stereocenters. The zero-order valence-corrected chi connectivity index (χ0v) is 82.8. The third-order valence-corrected chi connectivity index (χ3v) is 26.7. The van der Waals surface area contributed by atoms with Gasteiger partial charge in [0, 0.05) is 71.7 Å². The highest BCUT2D eigenvalue weighted by atomic mass is 35.5. The van der Waals surface area contributed by atoms with Crippen molar-refractivity contribution in [1.29, 1.82) is 0 Å². The number of aliphatic hydroxyl groups excluding tert-OH is 7. The van der Waals surface area contributed by atoms with Gasteiger partial charge in [-0.05, 0) is 159 Å². The van der Waals surface area contributed by atoms with E-state index in [1.807, 2.05) is 41.7 Å². The van der Waals surface area contributed by atoms with Crippen molar-refractivity contribution in [2.24, 2.45) is 23.1 Å². The van der Waals surface area contributed by atoms with E-state index in [-0.39, 0.29) is 43.2 Å². The lowest BCUT2D eigenvalue weighted by Crippen LogP contribution is -2.65. The summed E-state index contributed by atoms with van der Waals surface area (Å²) >= 11 is 21.0. The molecule has 0 radical (unpaired) electrons. The summed E-state index contributed by atoms with van der Waals surface area (Å²) < 4.78 is 63.3. The number of ether oxygens (including phenoxy) is 10. The number of likely N-dealkylation sites (N-methyl/N-ethyl adjacent to an activating group) is 1. The Hall–Kier alpha value is -13.3. The number of esters is 1. The van der Waals surface area contributed by atoms with Crippen LogP contribution in [0.25, 0.3) is 22.3 Å². The number of benzene rings is 7. The third-order valence-electron chi connectivity index (χ3n) is 25.9. The predicted molar refractivity (Wildman–Crippen MR) is 516 cm³/mol. The molecule has 47 nitrogen and oxygen atoms in total. The number of carboxylic acids is 1. The first kappa shape index (κ1) is 112. The summed E-state index contributed by atoms with van der Waals surface area (Å²) in [6.45, 7) is 8.40. The molecule has 7 aromatic carbocycles. The van der Waals surface area contributed by atoms with Gasteiger partial charge in [-0.25, -0.2) is 14.4 Å². The number of hydrogen-bond donors (Lipinski definition) is 23. The van der Waals surface area contributed by atoms with Crippen LogP contribution in [0.3, 0.4) is 0 Å². The van der Waals surface area contributed by atoms with Crippen LogP contribution in [0.1, 0.15) is 151 Å². The fourth-order valence-corrected chi connectivity index (χ4v) is 18.4. The maximum absolute atomic E-state index is 16.8. The molecule has 3 saturated heterocycles. The fourth-order valence-electron chi connectivity index (χ4n) is 17.8. The van der Waals surface area contributed by atoms with Gasteiger partial charge in [0.05, 0.1) is 53.5 Å². The molecular formula is C98H114Cl3N13O34. The number of carboxylic acid groups (broad SMARTS) is 1. The van der Waals surface area contributed by atoms with Gasteiger partial charge < -0.3 is 169 Å². The number of fused-ring (bicyclic) bond motifs is 15. The number of primary amides is 1. The molecule has 11 bridgehead atoms. The molecule has 8 aliphatic heterocycles. The largest absolute Gasteiger partial charge is 0.508 e. The molecule has 22 unspecified atom stereocenters. The molecule has 8 heterocycles. The van der Waals surface area contributed by atoms with Gasteiger partial charge in [0.1, 0.15) is 102 Å². The number of aldehydes is 1. The highest BCUT2D eigenvalue weighted by molar-refractivity contribution is 6.32. The van der Waals surface area contributed by atoms with E-state index >= 15 is 28.8 Å². The number of aliphatic carboxylic acids is 1. The SMILES string of the molecule is CC(C)CC(C(=O)NC1C(=O)NC(CC(N)=O)C(=O)NC2C(=O)NC3C(=O)NC(C(=O)N[C@@H](C(=O)O)c4cc(O)cc(O)c4-c4cc3ccc4O)[C@H](OC3CC(C)(N)C(O)C(C)O3)c3ccc(c(Cl)c3)Oc3cc2cc(c3OC2OC(CO)C(O)C(O)C2OC2CC(C)(NCc3ccc(-c4ccc(Cl)cc4)cc3)C(O)C(C)O2)Oc2ccc(cc2Cl)[C@@H]1O)N(C)C(=O)OCOC(=O)C(C)NC(=O)C(N)CCC(=O)NC(O)C=O. The zero-order valence-electron chi connectivity index (χ0n) is 80.5. The average Bonchev–Trinajstić information content (AvgIpc) is 0.750. The first-order valence-corrected chi connectivity index (χ1v) is 47.8. The smallest absolute Gasteiger partial charge is 0.413 e. The number of nitrogens with zero attached hydrogens (tertiary/aromatic N) is 1. The van der Waals surface area contributed by atoms with E-state index < -0.39 is 345 Å². The summed E-state index contributed by atoms with van der Waals surface area (Å²) in [5.74, 6) is -21.3. The lowest BCUT2D eigenvalue weighted by molar-refractivity contribution is -0.334. The monoisotopic (exact) mass is 2120 g/mol. The van der Waals surface area contributed by atoms with Crippen molar-refractivity contribution < 1.29 is 166 Å². The van der Waals surface area contributed by atoms with E-state index in [0.717, 1.165) is 103 Å². The third kappa shape index (κ3) is 26.2. The Bertz CT molecular complexity index is 6160. The summed E-state index contributed by atoms with van der Waals surface area (Å²) in [4.78, 5) is 187. The van der Waals surface area contributed by atoms with Crippen LogP contribution in [0, 0.1) is 5.92 Å². The van der Waals surface area contributed by atoms with Gasteiger partial charge in [-0.3, -0.25) is 52.8 Å². The van der Waals surface area contributed by atoms with E-state index in [0.29, 0.717) is 9.92 Å². The molecule has 15 rings (SSSR count). The van der Waals surface area contributed by atoms with E-state index in [9.17, 15) is 89.7 Å². The van der Waals surface area contributed by atoms with Crippen molar-refractivity contribution in [2.75, 3.05) is 20.4 Å². The average molecular weight is 2120 g/mol. The van der Waals surface area contributed by atoms with Crippen LogP contribution in [0.5, 0.6) is 46.0 Å². The van der Waals surface area contributed by atoms with Gasteiger partial charge in [-0.1, -0.05) is 103 Å². The van der Waals surface area contributed by atoms with Gasteiger partial charge in [-0.15, -0.1) is 0 Å². The Kier molecular flexibility index (Phi) is 35.9. The minimum atomic E-state index is -2.53. The standard InChI is InChI=1S/C98H114Cl3N13O34/c1-40(2)25-59(114(8)96(138)140-39-139-94(137)41(3)106-86(128)57(102)20-24-68(121)108-69(122)38-116)88(130)112-76-78(123)48-16-22-62(55(100)27-48)143-64-29-50-30-65(82(64)148-95-83(80(125)79(124)66(37-115)145-95)147-71-35-98(7,85(127)43(5)142-71)105-36-44-9-11-45(12-10-44)46-13-18-51(99)19-14-46)144-63-23-17-49(28-56(63)101)81(146-70-34-97(6,104)84(126)42(4)141-70)77-92(134)111-75(93(135)136)54-31-52(117)32-61(119)72(54)53-26-47(15-21-60(53)118)73(89(131)113-77)110-90(132)74(50)109-87(129)58(33-67(103)120)107-91(76)133/h9-19,21-23,26-32,38,40-43,57-59,66,69-71,73-81,83-85,95,105,115,117-119,122-127H,20,24-25,33-37,39,102,104H2,1-8H3,(H2,103,120)(H,106,128)(H,107,133)(H,108,121)(H,109,129)(H,110,132)(H,111,134)(H,112,130)(H,113,131)(H,135,136)/t41?,42?,43?,57?,58?,59?,66?,69?,70?,71?,73?,74?,75-,76?,77?,78+,79?,80?,81-,83?,84?,85?,95?,97?,98?/m1/s1. The summed E-state index contributed by atoms with van der Waals surface area (Å²) in [5.41, 5.74) is 14.8. The van der Waals surface area contributed by atoms with E-state index in [1.54, 1.807) is 32.9 Å². The zero-order chi connectivity index (χ0) is 108. The molecule has 0 spiro atoms. The highest BCUT2D eigenvalue weighted by Gasteiger charge is 2.54. The number of phenols is 3. The number of phenolic OH excluding ortho intramolecular Hbond substituents is 3. The molecule has 50 heteroatoms. The normalized spacial score (nSPS) is 27.4. The number of halogens is 3. The summed E-state index contributed by atoms with van der Waals surface area (Å²) in [6, 6.07) is 8.97. The second kappa shape index (κ2) is 47.5. The number of nitrogens with two attached hydrogens (primary N) is 3. The first-order chi connectivity index (χ1) is 69.9. The lowest BCUT2D eigenvalue weighted by atomic mass is 9.84. The topological polar surface area (TPSA) is 726 Å². The van der Waals surface area contributed by atoms with Crippen molar-refractivity contribution in [1.82, 2.24) is 52.8 Å². The number of hydrogen-bond acceptors (Lipinski definition) is 36. The van der Waals surface area contributed by atoms with Gasteiger partial charge in [0.15, 0.2) is 48.7 Å². The molecule has 8 aliphatic rings. The number of aromatic hydroxyl groups is 3. The summed E-state index contributed by atoms with van der Waals surface area (Å²) in [5, 5.41) is 149. The Balaban J connectivity index is 0.949. The Labute approximate surface area is 859 Å². The van der Waals surface area contributed by atoms with Gasteiger partial charge in [-0.2, -0.15) is 0 Å². The van der Waals surface area contributed by atoms with Crippen LogP contribution in [0.15, 0.2) is 127 Å². The maximum atomic E-state index is 16.8. The van der Waals surface area contributed by atoms with Crippen molar-refractivity contribution in [3.63, 3.8) is 0 Å². The van der Waals surface area contributed by atoms with Crippen molar-refractivity contribution in [3.8, 4) is 68.2 Å². The van der Waals surface area contributed by atoms with Crippen LogP contribution in [-0.2, 0) is 97.2 Å². The van der Waals surface area contributed by atoms with Crippen molar-refractivity contribution >= 4 is 112 Å². The Morgan fingerprint density at radius 2 is 1.25 bits per heavy atom. The first-order valence-electron chi connectivity index (χ1n) is 46.7. The summed E-state index contributed by atoms with van der Waals surface area (Å²) in [6.07, 6.45) is -28.7. The summed E-state index contributed by atoms with van der Waals surface area (Å²) in [7, 11) is 1.05. The number of carbonyl (C=O) groups is 13. The predicted octanol–water partition coefficient (Wildman–Crippen LogP) is 2.09. The van der Waals surface area contributed by atoms with E-state index in [2.05, 4.69) is 42.5 Å². The molecule has 3 fully saturated rings. The molecule has 0 saturated carbocycles. The molecule has 0 aromatic heterocycles. The Morgan fingerprint density at radius 3 is 1.86 bits per heavy atom. The maximum Gasteiger partial charge on any atom is 0.413 e. The van der Waals surface area contributed by atoms with Crippen LogP contribution in [-0.4, -0.2) is 280 Å². The quantitative estimate of drug-likeness (QED) is 0.0181. The minimum absolute atomic E-state index is 0.0438. The Morgan fingerprint density at radius 1 is 0.649 bits per heavy atom. The molecular weight excluding hydrogens is 2010 g/mol. The molecule has 10 amide bonds. The van der Waals surface area contributed by atoms with Gasteiger partial charge >= 0.3 is 18.0 Å². The number of aliphatic hydroxyl groups is 7. The molecule has 7 aromatic rings. The van der Waals surface area contributed by atoms with Crippen LogP contribution >= 0.6 is 34.8 Å². The van der Waals surface area contributed by atoms with Crippen molar-refractivity contribution in [3.05, 3.63) is 176 Å². The molecule has 148 heavy (non-hydrogen) atoms. The number of nitrogens with one attached hydrogen (secondary N) is 9. The number of rotatable bonds is 29. The number of amides is 10. The van der Waals surface area contributed by atoms with Gasteiger partial charge in [0.2, 0.25) is 72.0 Å². The number of carbonyl (C=O) groups excluding carboxylic acids is 12. The second-order valence-corrected chi connectivity index (χ2v) is 38.8. The van der Waals surface area contributed by atoms with Crippen LogP contribution in [0.4, 0.5) is 4.79 Å². The molecule has 796 valence electrons. The van der Waals surface area contributed by atoms with E-state index in [4.69, 9.17) is 99.4 Å². The van der Waals surface area contributed by atoms with Crippen LogP contribution < -0.4 is 79.3 Å². The van der Waals surface area contributed by atoms with Crippen molar-refractivity contribution in [2.45, 2.75) is 245 Å². The minimum Gasteiger partial charge on any atom is -0.508 e. The second-order valence-electron chi connectivity index (χ2n) is 37.5. The molecule has 26 N–H and O–H groups in total. The highest BCUT2D eigenvalue weighted by Crippen LogP contribution is 2.51. The van der Waals surface area contributed by atoms with Gasteiger partial charge in [0.25, 0.3) is 0 Å². The lowest BCUT2D eigenvalue weighted by Gasteiger charge is -2.48. The molecule has 0 aliphatic carbocycles. The fraction of sp³-hybridized carbons (Fsp3) is 0.439. The van der Waals surface area contributed by atoms with Crippen LogP contribution in [0.2, 0.25) is 15.1 Å².